The first-order valence-corrected chi connectivity index (χ1v) is 41.4. The monoisotopic (exact) mass is 1650 g/mol. The van der Waals surface area contributed by atoms with Crippen molar-refractivity contribution in [1.82, 2.24) is 0 Å². The van der Waals surface area contributed by atoms with E-state index in [-0.39, 0.29) is 89.6 Å². The van der Waals surface area contributed by atoms with Crippen LogP contribution in [0.4, 0.5) is 26.3 Å². The van der Waals surface area contributed by atoms with Gasteiger partial charge in [-0.2, -0.15) is 38.1 Å². The van der Waals surface area contributed by atoms with E-state index in [4.69, 9.17) is 9.47 Å². The summed E-state index contributed by atoms with van der Waals surface area (Å²) in [5, 5.41) is 0. The first kappa shape index (κ1) is 118. The third kappa shape index (κ3) is 44.1. The molecule has 115 heavy (non-hydrogen) atoms. The van der Waals surface area contributed by atoms with Gasteiger partial charge < -0.3 is 14.2 Å². The maximum Gasteiger partial charge on any atom is 0.402 e. The van der Waals surface area contributed by atoms with E-state index < -0.39 is 27.6 Å². The predicted molar refractivity (Wildman–Crippen MR) is 492 cm³/mol. The second kappa shape index (κ2) is 53.8. The number of ether oxygens (including phenoxy) is 3. The summed E-state index contributed by atoms with van der Waals surface area (Å²) in [6, 6.07) is 64.6. The van der Waals surface area contributed by atoms with E-state index in [1.54, 1.807) is 64.5 Å². The van der Waals surface area contributed by atoms with Crippen molar-refractivity contribution in [2.24, 2.45) is 10.8 Å². The number of halogens is 6. The maximum absolute atomic E-state index is 12.5. The van der Waals surface area contributed by atoms with Gasteiger partial charge in [0.25, 0.3) is 0 Å². The van der Waals surface area contributed by atoms with Gasteiger partial charge in [0, 0.05) is 54.4 Å². The van der Waals surface area contributed by atoms with Crippen molar-refractivity contribution in [2.45, 2.75) is 267 Å². The third-order valence-electron chi connectivity index (χ3n) is 17.7. The number of benzene rings is 8. The Morgan fingerprint density at radius 1 is 0.400 bits per heavy atom. The van der Waals surface area contributed by atoms with Crippen LogP contribution in [0.15, 0.2) is 194 Å². The number of methoxy groups -OCH3 is 3. The Morgan fingerprint density at radius 3 is 0.835 bits per heavy atom. The van der Waals surface area contributed by atoms with E-state index in [0.717, 1.165) is 35.1 Å². The van der Waals surface area contributed by atoms with Gasteiger partial charge >= 0.3 is 12.4 Å². The molecule has 0 amide bonds. The Balaban J connectivity index is -0.000000297. The standard InChI is InChI=1S/C22H18O2.C15H14.2C14H22.C8H10O2.C8H16.C5H6F6.C3H8.C2H6O2S.C2H6O.C2H6S.5CH4/c1-15-3-7-17(8-4-15)21(23)19-11-13-20(14-12-19)22(24)18-9-5-16(2)6-10-18;1-15(2)13-9-5-3-7-11(13)12-8-4-6-10-14(12)15;1-13(2,3)11-7-9-12(10-8-11)14(4,5)6;1-13(2,3)11-8-7-9-12(10-11)14(4,5)6;1-9-7-3-5-8(10-2)6-4-7;1-8(2)6-4-3-5-7-8;1-3(2,4(6,7)8)5(9,10)11;1-3-2;1-5(2,3)4;2*1-3-2;;;;;/h3-14H,1-2H3;3-10H,1-2H3;2*7-10H,1-6H3;3-6H,1-2H3;3-7H2,1-2H3;1-2H3;3H2,1-2H3;1-2H3;2*1-2H3;5*1H4. The van der Waals surface area contributed by atoms with Crippen LogP contribution in [0.25, 0.3) is 11.1 Å². The zero-order valence-electron chi connectivity index (χ0n) is 72.2. The molecule has 2 aliphatic rings. The molecule has 0 N–H and O–H groups in total. The molecule has 0 radical (unpaired) electrons. The summed E-state index contributed by atoms with van der Waals surface area (Å²) in [5.41, 5.74) is 14.3. The van der Waals surface area contributed by atoms with Crippen molar-refractivity contribution in [3.63, 3.8) is 0 Å². The van der Waals surface area contributed by atoms with Crippen LogP contribution in [0.2, 0.25) is 0 Å². The molecule has 650 valence electrons. The Labute approximate surface area is 702 Å². The Morgan fingerprint density at radius 2 is 0.635 bits per heavy atom. The number of sulfone groups is 1. The summed E-state index contributed by atoms with van der Waals surface area (Å²) in [6.45, 7) is 44.8. The van der Waals surface area contributed by atoms with Gasteiger partial charge in [-0.15, -0.1) is 0 Å². The van der Waals surface area contributed by atoms with E-state index >= 15 is 0 Å². The van der Waals surface area contributed by atoms with E-state index in [1.807, 2.05) is 99.2 Å². The number of carbonyl (C=O) groups is 2. The number of thioether (sulfide) groups is 1. The number of alkyl halides is 6. The highest BCUT2D eigenvalue weighted by Crippen LogP contribution is 2.50. The Bertz CT molecular complexity index is 3790. The summed E-state index contributed by atoms with van der Waals surface area (Å²) in [6.07, 6.45) is 4.47. The highest BCUT2D eigenvalue weighted by molar-refractivity contribution is 7.97. The molecule has 8 aromatic carbocycles. The smallest absolute Gasteiger partial charge is 0.402 e. The van der Waals surface area contributed by atoms with Crippen LogP contribution in [-0.4, -0.2) is 85.8 Å². The van der Waals surface area contributed by atoms with Gasteiger partial charge in [-0.25, -0.2) is 8.42 Å². The van der Waals surface area contributed by atoms with Crippen molar-refractivity contribution in [3.05, 3.63) is 261 Å². The summed E-state index contributed by atoms with van der Waals surface area (Å²) in [4.78, 5) is 24.9. The van der Waals surface area contributed by atoms with Crippen molar-refractivity contribution in [3.8, 4) is 22.6 Å². The summed E-state index contributed by atoms with van der Waals surface area (Å²) in [7, 11) is 3.86. The van der Waals surface area contributed by atoms with Crippen molar-refractivity contribution in [1.29, 1.82) is 0 Å². The molecule has 15 heteroatoms. The predicted octanol–water partition coefficient (Wildman–Crippen LogP) is 30.6. The summed E-state index contributed by atoms with van der Waals surface area (Å²) < 4.78 is 103. The molecule has 1 fully saturated rings. The lowest BCUT2D eigenvalue weighted by Gasteiger charge is -2.29. The van der Waals surface area contributed by atoms with Gasteiger partial charge in [0.2, 0.25) is 0 Å². The quantitative estimate of drug-likeness (QED) is 0.120. The minimum absolute atomic E-state index is 0. The summed E-state index contributed by atoms with van der Waals surface area (Å²) >= 11 is 1.75. The normalized spacial score (nSPS) is 12.6. The molecule has 0 heterocycles. The van der Waals surface area contributed by atoms with Crippen LogP contribution in [0.5, 0.6) is 11.5 Å². The molecule has 0 aliphatic heterocycles. The van der Waals surface area contributed by atoms with E-state index in [0.29, 0.717) is 27.7 Å². The van der Waals surface area contributed by atoms with E-state index in [2.05, 4.69) is 226 Å². The molecule has 7 nitrogen and oxygen atoms in total. The minimum atomic E-state index is -5.24. The maximum atomic E-state index is 12.5. The number of hydrogen-bond acceptors (Lipinski definition) is 8. The molecule has 0 spiro atoms. The van der Waals surface area contributed by atoms with Crippen molar-refractivity contribution in [2.75, 3.05) is 53.5 Å². The first-order valence-electron chi connectivity index (χ1n) is 37.5. The first-order chi connectivity index (χ1) is 50.5. The number of fused-ring (bicyclic) bond motifs is 3. The lowest BCUT2D eigenvalue weighted by atomic mass is 9.78. The average Bonchev–Trinajstić information content (AvgIpc) is 1.60. The number of rotatable bonds is 6. The van der Waals surface area contributed by atoms with Gasteiger partial charge in [0.15, 0.2) is 17.0 Å². The Kier molecular flexibility index (Phi) is 55.4. The molecule has 8 aromatic rings. The number of carbonyl (C=O) groups excluding carboxylic acids is 2. The molecule has 0 aromatic heterocycles. The second-order valence-electron chi connectivity index (χ2n) is 33.7. The number of ketones is 2. The van der Waals surface area contributed by atoms with E-state index in [1.165, 1.54) is 83.0 Å². The van der Waals surface area contributed by atoms with Gasteiger partial charge in [-0.05, 0) is 149 Å². The molecular weight excluding hydrogens is 1490 g/mol. The van der Waals surface area contributed by atoms with Crippen LogP contribution in [-0.2, 0) is 41.6 Å². The van der Waals surface area contributed by atoms with E-state index in [9.17, 15) is 44.3 Å². The zero-order valence-corrected chi connectivity index (χ0v) is 73.8. The van der Waals surface area contributed by atoms with Crippen LogP contribution >= 0.6 is 11.8 Å². The molecule has 0 saturated heterocycles. The minimum Gasteiger partial charge on any atom is -0.497 e. The second-order valence-corrected chi connectivity index (χ2v) is 36.8. The van der Waals surface area contributed by atoms with Crippen LogP contribution in [0, 0.1) is 24.7 Å². The fourth-order valence-electron chi connectivity index (χ4n) is 10.5. The molecule has 0 unspecified atom stereocenters. The average molecular weight is 1650 g/mol. The fraction of sp³-hybridized carbons (Fsp3) is 0.500. The zero-order chi connectivity index (χ0) is 85.1. The number of hydrogen-bond donors (Lipinski definition) is 0. The van der Waals surface area contributed by atoms with Crippen LogP contribution in [0.1, 0.15) is 290 Å². The molecule has 10 rings (SSSR count). The van der Waals surface area contributed by atoms with Gasteiger partial charge in [0.05, 0.1) is 14.2 Å². The third-order valence-corrected chi connectivity index (χ3v) is 17.7. The van der Waals surface area contributed by atoms with Gasteiger partial charge in [-0.1, -0.05) is 368 Å². The largest absolute Gasteiger partial charge is 0.497 e. The Hall–Kier alpha value is -7.46. The van der Waals surface area contributed by atoms with Crippen molar-refractivity contribution < 1.29 is 58.6 Å². The van der Waals surface area contributed by atoms with Gasteiger partial charge in [-0.3, -0.25) is 9.59 Å². The lowest BCUT2D eigenvalue weighted by molar-refractivity contribution is -0.327. The summed E-state index contributed by atoms with van der Waals surface area (Å²) in [5.74, 6) is 1.62. The highest BCUT2D eigenvalue weighted by atomic mass is 32.2. The van der Waals surface area contributed by atoms with Crippen molar-refractivity contribution >= 4 is 33.2 Å². The highest BCUT2D eigenvalue weighted by Gasteiger charge is 2.64. The molecule has 0 atom stereocenters. The lowest BCUT2D eigenvalue weighted by Crippen LogP contribution is -2.44. The SMILES string of the molecule is C.C.C.C.C.CC(C)(C(F)(F)F)C(F)(F)F.CC(C)(C)c1ccc(C(C)(C)C)cc1.CC(C)(C)c1cccc(C(C)(C)C)c1.CC1(C)CCCCC1.CC1(C)c2ccccc2-c2ccccc21.CCC.COC.COc1ccc(OC)cc1.CS(C)(=O)=O.CSC.Cc1ccc(C(=O)c2ccc(C(=O)c3ccc(C)cc3)cc2)cc1. The molecular formula is C100H154F6O7S2. The van der Waals surface area contributed by atoms with Gasteiger partial charge in [0.1, 0.15) is 21.3 Å². The topological polar surface area (TPSA) is 96.0 Å². The molecule has 1 saturated carbocycles. The fourth-order valence-corrected chi connectivity index (χ4v) is 10.5. The van der Waals surface area contributed by atoms with Crippen LogP contribution < -0.4 is 9.47 Å². The molecule has 2 aliphatic carbocycles. The molecule has 0 bridgehead atoms. The van der Waals surface area contributed by atoms with Crippen LogP contribution in [0.3, 0.4) is 0 Å². The number of aryl methyl sites for hydroxylation is 2.